The maximum atomic E-state index is 12.5. The van der Waals surface area contributed by atoms with Gasteiger partial charge in [0.05, 0.1) is 15.1 Å². The molecule has 0 radical (unpaired) electrons. The van der Waals surface area contributed by atoms with Crippen molar-refractivity contribution in [1.82, 2.24) is 4.57 Å². The van der Waals surface area contributed by atoms with Gasteiger partial charge in [-0.2, -0.15) is 16.8 Å². The maximum Gasteiger partial charge on any atom is 0.263 e. The number of halogens is 2. The predicted octanol–water partition coefficient (Wildman–Crippen LogP) is 4.27. The number of rotatable bonds is 6. The Bertz CT molecular complexity index is 1180. The van der Waals surface area contributed by atoms with E-state index in [9.17, 15) is 13.2 Å². The number of carbonyl (C=O) groups excluding carboxylic acids is 1. The van der Waals surface area contributed by atoms with Gasteiger partial charge < -0.3 is 4.57 Å². The van der Waals surface area contributed by atoms with Gasteiger partial charge in [0.15, 0.2) is 14.6 Å². The number of sulfone groups is 1. The van der Waals surface area contributed by atoms with Crippen LogP contribution in [0, 0.1) is 0 Å². The van der Waals surface area contributed by atoms with Gasteiger partial charge in [-0.05, 0) is 48.7 Å². The molecule has 3 aromatic rings. The van der Waals surface area contributed by atoms with Gasteiger partial charge in [0, 0.05) is 22.3 Å². The molecule has 0 fully saturated rings. The summed E-state index contributed by atoms with van der Waals surface area (Å²) in [5.41, 5.74) is 0.913. The van der Waals surface area contributed by atoms with Crippen LogP contribution in [0.5, 0.6) is 0 Å². The molecule has 0 atom stereocenters. The molecule has 1 amide bonds. The fourth-order valence-corrected chi connectivity index (χ4v) is 5.51. The Hall–Kier alpha value is -1.32. The van der Waals surface area contributed by atoms with Crippen LogP contribution in [0.2, 0.25) is 10.0 Å². The Morgan fingerprint density at radius 1 is 1.14 bits per heavy atom. The summed E-state index contributed by atoms with van der Waals surface area (Å²) in [6.07, 6.45) is 1.99. The lowest BCUT2D eigenvalue weighted by molar-refractivity contribution is -0.115. The number of aryl methyl sites for hydroxylation is 1. The van der Waals surface area contributed by atoms with Crippen LogP contribution in [0.1, 0.15) is 0 Å². The molecule has 0 N–H and O–H groups in total. The molecule has 5 nitrogen and oxygen atoms in total. The number of hydrogen-bond acceptors (Lipinski definition) is 5. The quantitative estimate of drug-likeness (QED) is 0.534. The number of benzene rings is 2. The largest absolute Gasteiger partial charge is 0.316 e. The number of nitrogens with zero attached hydrogens (tertiary/aromatic N) is 2. The minimum absolute atomic E-state index is 0.0406. The summed E-state index contributed by atoms with van der Waals surface area (Å²) in [6.45, 7) is 0.652. The van der Waals surface area contributed by atoms with Crippen molar-refractivity contribution in [3.05, 3.63) is 57.3 Å². The maximum absolute atomic E-state index is 12.5. The molecule has 2 aromatic carbocycles. The summed E-state index contributed by atoms with van der Waals surface area (Å²) < 4.78 is 27.7. The van der Waals surface area contributed by atoms with Gasteiger partial charge in [-0.1, -0.05) is 34.5 Å². The van der Waals surface area contributed by atoms with Crippen LogP contribution < -0.4 is 4.80 Å². The van der Waals surface area contributed by atoms with Crippen molar-refractivity contribution >= 4 is 72.3 Å². The number of hydrogen-bond donors (Lipinski definition) is 0. The smallest absolute Gasteiger partial charge is 0.263 e. The number of fused-ring (bicyclic) bond motifs is 1. The Morgan fingerprint density at radius 3 is 2.50 bits per heavy atom. The second-order valence-corrected chi connectivity index (χ2v) is 10.7. The van der Waals surface area contributed by atoms with Crippen molar-refractivity contribution < 1.29 is 13.2 Å². The summed E-state index contributed by atoms with van der Waals surface area (Å²) in [6, 6.07) is 11.2. The van der Waals surface area contributed by atoms with Crippen LogP contribution >= 0.6 is 46.3 Å². The lowest BCUT2D eigenvalue weighted by Crippen LogP contribution is -2.21. The van der Waals surface area contributed by atoms with Gasteiger partial charge >= 0.3 is 0 Å². The second-order valence-electron chi connectivity index (χ2n) is 5.86. The normalized spacial score (nSPS) is 12.6. The van der Waals surface area contributed by atoms with Gasteiger partial charge in [0.25, 0.3) is 5.91 Å². The topological polar surface area (TPSA) is 68.5 Å². The van der Waals surface area contributed by atoms with E-state index in [-0.39, 0.29) is 4.90 Å². The molecule has 10 heteroatoms. The first-order valence-corrected chi connectivity index (χ1v) is 12.8. The van der Waals surface area contributed by atoms with Crippen molar-refractivity contribution in [3.8, 4) is 0 Å². The predicted molar refractivity (Wildman–Crippen MR) is 117 cm³/mol. The minimum atomic E-state index is -3.79. The third-order valence-electron chi connectivity index (χ3n) is 3.87. The zero-order chi connectivity index (χ0) is 20.3. The highest BCUT2D eigenvalue weighted by Gasteiger charge is 2.19. The van der Waals surface area contributed by atoms with Crippen LogP contribution in [0.3, 0.4) is 0 Å². The molecule has 0 aliphatic rings. The van der Waals surface area contributed by atoms with Gasteiger partial charge in [0.2, 0.25) is 0 Å². The van der Waals surface area contributed by atoms with E-state index in [2.05, 4.69) is 4.99 Å². The van der Waals surface area contributed by atoms with E-state index < -0.39 is 21.5 Å². The van der Waals surface area contributed by atoms with Crippen LogP contribution in [-0.4, -0.2) is 36.7 Å². The van der Waals surface area contributed by atoms with Crippen molar-refractivity contribution in [2.75, 3.05) is 17.8 Å². The van der Waals surface area contributed by atoms with Crippen molar-refractivity contribution in [2.45, 2.75) is 11.4 Å². The third kappa shape index (κ3) is 4.99. The highest BCUT2D eigenvalue weighted by atomic mass is 35.5. The summed E-state index contributed by atoms with van der Waals surface area (Å²) in [7, 11) is -3.79. The monoisotopic (exact) mass is 474 g/mol. The first kappa shape index (κ1) is 21.4. The average Bonchev–Trinajstić information content (AvgIpc) is 2.95. The van der Waals surface area contributed by atoms with Gasteiger partial charge in [-0.15, -0.1) is 0 Å². The van der Waals surface area contributed by atoms with E-state index in [1.165, 1.54) is 35.6 Å². The Labute approximate surface area is 180 Å². The molecule has 0 unspecified atom stereocenters. The van der Waals surface area contributed by atoms with E-state index in [0.29, 0.717) is 21.4 Å². The lowest BCUT2D eigenvalue weighted by Gasteiger charge is -2.04. The van der Waals surface area contributed by atoms with Crippen molar-refractivity contribution in [3.63, 3.8) is 0 Å². The summed E-state index contributed by atoms with van der Waals surface area (Å²) in [4.78, 5) is 17.0. The standard InChI is InChI=1S/C18H16Cl2N2O3S3/c1-26-9-8-22-15-7-4-13(20)10-16(15)27-18(22)21-17(23)11-28(24,25)14-5-2-12(19)3-6-14/h2-7,10H,8-9,11H2,1H3. The molecule has 3 rings (SSSR count). The molecule has 0 spiro atoms. The van der Waals surface area contributed by atoms with Crippen molar-refractivity contribution in [1.29, 1.82) is 0 Å². The molecule has 148 valence electrons. The SMILES string of the molecule is CSCCn1c(=NC(=O)CS(=O)(=O)c2ccc(Cl)cc2)sc2cc(Cl)ccc21. The summed E-state index contributed by atoms with van der Waals surface area (Å²) in [5.74, 6) is -0.587. The first-order chi connectivity index (χ1) is 13.3. The van der Waals surface area contributed by atoms with Crippen LogP contribution in [-0.2, 0) is 21.2 Å². The molecule has 0 saturated heterocycles. The van der Waals surface area contributed by atoms with Crippen LogP contribution in [0.25, 0.3) is 10.2 Å². The molecule has 0 aliphatic carbocycles. The zero-order valence-electron chi connectivity index (χ0n) is 14.8. The number of aromatic nitrogens is 1. The average molecular weight is 475 g/mol. The molecular formula is C18H16Cl2N2O3S3. The van der Waals surface area contributed by atoms with E-state index >= 15 is 0 Å². The summed E-state index contributed by atoms with van der Waals surface area (Å²) >= 11 is 14.8. The molecular weight excluding hydrogens is 459 g/mol. The van der Waals surface area contributed by atoms with E-state index in [1.807, 2.05) is 23.0 Å². The number of thiazole rings is 1. The lowest BCUT2D eigenvalue weighted by atomic mass is 10.3. The van der Waals surface area contributed by atoms with E-state index in [4.69, 9.17) is 23.2 Å². The molecule has 0 bridgehead atoms. The van der Waals surface area contributed by atoms with Gasteiger partial charge in [0.1, 0.15) is 5.75 Å². The molecule has 1 aromatic heterocycles. The van der Waals surface area contributed by atoms with E-state index in [1.54, 1.807) is 17.8 Å². The Balaban J connectivity index is 1.96. The van der Waals surface area contributed by atoms with Crippen LogP contribution in [0.4, 0.5) is 0 Å². The van der Waals surface area contributed by atoms with Gasteiger partial charge in [-0.3, -0.25) is 4.79 Å². The summed E-state index contributed by atoms with van der Waals surface area (Å²) in [5, 5.41) is 1.02. The molecule has 28 heavy (non-hydrogen) atoms. The number of thioether (sulfide) groups is 1. The third-order valence-corrected chi connectivity index (χ3v) is 7.61. The van der Waals surface area contributed by atoms with Crippen LogP contribution in [0.15, 0.2) is 52.4 Å². The minimum Gasteiger partial charge on any atom is -0.316 e. The van der Waals surface area contributed by atoms with E-state index in [0.717, 1.165) is 16.0 Å². The fourth-order valence-electron chi connectivity index (χ4n) is 2.56. The molecule has 0 aliphatic heterocycles. The molecule has 0 saturated carbocycles. The zero-order valence-corrected chi connectivity index (χ0v) is 18.7. The highest BCUT2D eigenvalue weighted by molar-refractivity contribution is 7.98. The number of carbonyl (C=O) groups is 1. The Kier molecular flexibility index (Phi) is 6.88. The fraction of sp³-hybridized carbons (Fsp3) is 0.222. The van der Waals surface area contributed by atoms with Crippen molar-refractivity contribution in [2.24, 2.45) is 4.99 Å². The molecule has 1 heterocycles. The second kappa shape index (κ2) is 9.00. The number of amides is 1. The highest BCUT2D eigenvalue weighted by Crippen LogP contribution is 2.22. The van der Waals surface area contributed by atoms with Gasteiger partial charge in [-0.25, -0.2) is 8.42 Å². The Morgan fingerprint density at radius 2 is 1.82 bits per heavy atom. The first-order valence-electron chi connectivity index (χ1n) is 8.14.